The van der Waals surface area contributed by atoms with E-state index < -0.39 is 0 Å². The number of hydrogen-bond donors (Lipinski definition) is 1. The summed E-state index contributed by atoms with van der Waals surface area (Å²) in [6.45, 7) is 2.59. The average Bonchev–Trinajstić information content (AvgIpc) is 3.41. The molecule has 0 spiro atoms. The largest absolute Gasteiger partial charge is 0.345 e. The molecule has 1 atom stereocenters. The highest BCUT2D eigenvalue weighted by molar-refractivity contribution is 5.93. The molecule has 7 heteroatoms. The maximum Gasteiger partial charge on any atom is 0.254 e. The third kappa shape index (κ3) is 3.98. The lowest BCUT2D eigenvalue weighted by atomic mass is 10.1. The molecule has 0 saturated heterocycles. The average molecular weight is 372 g/mol. The van der Waals surface area contributed by atoms with Crippen LogP contribution in [0, 0.1) is 0 Å². The normalized spacial score (nSPS) is 11.9. The summed E-state index contributed by atoms with van der Waals surface area (Å²) in [4.78, 5) is 16.5. The Labute approximate surface area is 162 Å². The van der Waals surface area contributed by atoms with Crippen LogP contribution < -0.4 is 5.32 Å². The number of amides is 1. The van der Waals surface area contributed by atoms with Crippen LogP contribution >= 0.6 is 0 Å². The minimum Gasteiger partial charge on any atom is -0.345 e. The van der Waals surface area contributed by atoms with Crippen molar-refractivity contribution in [2.24, 2.45) is 0 Å². The fraction of sp³-hybridized carbons (Fsp3) is 0.143. The summed E-state index contributed by atoms with van der Waals surface area (Å²) in [5.74, 6) is -0.146. The van der Waals surface area contributed by atoms with Gasteiger partial charge in [0.15, 0.2) is 0 Å². The maximum atomic E-state index is 12.6. The zero-order chi connectivity index (χ0) is 19.3. The first-order valence-electron chi connectivity index (χ1n) is 9.01. The maximum absolute atomic E-state index is 12.6. The van der Waals surface area contributed by atoms with Crippen LogP contribution in [-0.4, -0.2) is 30.5 Å². The van der Waals surface area contributed by atoms with Gasteiger partial charge in [-0.25, -0.2) is 9.67 Å². The highest BCUT2D eigenvalue weighted by Gasteiger charge is 2.13. The molecule has 4 rings (SSSR count). The summed E-state index contributed by atoms with van der Waals surface area (Å²) in [5.41, 5.74) is 3.61. The second kappa shape index (κ2) is 7.87. The van der Waals surface area contributed by atoms with Gasteiger partial charge in [-0.2, -0.15) is 10.2 Å². The summed E-state index contributed by atoms with van der Waals surface area (Å²) in [6.07, 6.45) is 6.50. The second-order valence-electron chi connectivity index (χ2n) is 6.54. The number of carbonyl (C=O) groups excluding carboxylic acids is 1. The van der Waals surface area contributed by atoms with E-state index >= 15 is 0 Å². The molecule has 0 saturated carbocycles. The Morgan fingerprint density at radius 2 is 1.86 bits per heavy atom. The van der Waals surface area contributed by atoms with Crippen molar-refractivity contribution in [3.05, 3.63) is 96.3 Å². The Balaban J connectivity index is 1.39. The summed E-state index contributed by atoms with van der Waals surface area (Å²) < 4.78 is 3.45. The number of carbonyl (C=O) groups is 1. The van der Waals surface area contributed by atoms with Crippen LogP contribution in [0.3, 0.4) is 0 Å². The number of nitrogens with one attached hydrogen (secondary N) is 1. The monoisotopic (exact) mass is 372 g/mol. The first-order chi connectivity index (χ1) is 13.7. The van der Waals surface area contributed by atoms with Gasteiger partial charge in [0.2, 0.25) is 0 Å². The Bertz CT molecular complexity index is 1040. The van der Waals surface area contributed by atoms with Gasteiger partial charge in [0.05, 0.1) is 30.0 Å². The molecule has 1 amide bonds. The number of hydrogen-bond acceptors (Lipinski definition) is 4. The highest BCUT2D eigenvalue weighted by atomic mass is 16.1. The molecule has 7 nitrogen and oxygen atoms in total. The lowest BCUT2D eigenvalue weighted by Gasteiger charge is -2.14. The predicted octanol–water partition coefficient (Wildman–Crippen LogP) is 3.00. The van der Waals surface area contributed by atoms with Crippen LogP contribution in [0.15, 0.2) is 79.6 Å². The second-order valence-corrected chi connectivity index (χ2v) is 6.54. The van der Waals surface area contributed by atoms with E-state index in [1.54, 1.807) is 28.1 Å². The minimum absolute atomic E-state index is 0.130. The molecular formula is C21H20N6O. The van der Waals surface area contributed by atoms with Crippen molar-refractivity contribution >= 4 is 5.91 Å². The van der Waals surface area contributed by atoms with E-state index in [1.807, 2.05) is 61.5 Å². The molecule has 1 N–H and O–H groups in total. The lowest BCUT2D eigenvalue weighted by molar-refractivity contribution is 0.0940. The van der Waals surface area contributed by atoms with Gasteiger partial charge >= 0.3 is 0 Å². The van der Waals surface area contributed by atoms with Crippen LogP contribution in [0.1, 0.15) is 34.5 Å². The Morgan fingerprint density at radius 3 is 2.57 bits per heavy atom. The van der Waals surface area contributed by atoms with Crippen molar-refractivity contribution < 1.29 is 4.79 Å². The van der Waals surface area contributed by atoms with E-state index in [0.717, 1.165) is 16.8 Å². The SMILES string of the molecule is CC(NC(=O)c1cnn(Cc2ccccc2)c1)c1ccc(-n2cncn2)cc1. The van der Waals surface area contributed by atoms with Gasteiger partial charge in [0, 0.05) is 6.20 Å². The summed E-state index contributed by atoms with van der Waals surface area (Å²) >= 11 is 0. The molecule has 2 aromatic heterocycles. The molecule has 0 bridgehead atoms. The Hall–Kier alpha value is -3.74. The van der Waals surface area contributed by atoms with Gasteiger partial charge < -0.3 is 5.32 Å². The quantitative estimate of drug-likeness (QED) is 0.564. The molecule has 0 radical (unpaired) electrons. The third-order valence-electron chi connectivity index (χ3n) is 4.51. The first kappa shape index (κ1) is 17.7. The lowest BCUT2D eigenvalue weighted by Crippen LogP contribution is -2.26. The van der Waals surface area contributed by atoms with Crippen molar-refractivity contribution in [3.63, 3.8) is 0 Å². The topological polar surface area (TPSA) is 77.6 Å². The number of nitrogens with zero attached hydrogens (tertiary/aromatic N) is 5. The van der Waals surface area contributed by atoms with Gasteiger partial charge in [-0.1, -0.05) is 42.5 Å². The summed E-state index contributed by atoms with van der Waals surface area (Å²) in [7, 11) is 0. The molecule has 1 unspecified atom stereocenters. The van der Waals surface area contributed by atoms with E-state index in [4.69, 9.17) is 0 Å². The van der Waals surface area contributed by atoms with Crippen molar-refractivity contribution in [1.29, 1.82) is 0 Å². The van der Waals surface area contributed by atoms with E-state index in [9.17, 15) is 4.79 Å². The third-order valence-corrected chi connectivity index (χ3v) is 4.51. The van der Waals surface area contributed by atoms with Gasteiger partial charge in [-0.3, -0.25) is 9.48 Å². The van der Waals surface area contributed by atoms with Gasteiger partial charge in [0.25, 0.3) is 5.91 Å². The van der Waals surface area contributed by atoms with Gasteiger partial charge in [0.1, 0.15) is 12.7 Å². The highest BCUT2D eigenvalue weighted by Crippen LogP contribution is 2.16. The van der Waals surface area contributed by atoms with E-state index in [-0.39, 0.29) is 11.9 Å². The van der Waals surface area contributed by atoms with Crippen molar-refractivity contribution in [3.8, 4) is 5.69 Å². The molecule has 140 valence electrons. The van der Waals surface area contributed by atoms with Gasteiger partial charge in [-0.15, -0.1) is 0 Å². The first-order valence-corrected chi connectivity index (χ1v) is 9.01. The summed E-state index contributed by atoms with van der Waals surface area (Å²) in [5, 5.41) is 11.4. The molecule has 4 aromatic rings. The molecule has 28 heavy (non-hydrogen) atoms. The van der Waals surface area contributed by atoms with Crippen LogP contribution in [0.2, 0.25) is 0 Å². The predicted molar refractivity (Wildman–Crippen MR) is 105 cm³/mol. The Kier molecular flexibility index (Phi) is 4.97. The fourth-order valence-corrected chi connectivity index (χ4v) is 2.96. The smallest absolute Gasteiger partial charge is 0.254 e. The number of rotatable bonds is 6. The number of benzene rings is 2. The molecule has 0 aliphatic rings. The van der Waals surface area contributed by atoms with Crippen LogP contribution in [0.25, 0.3) is 5.69 Å². The molecule has 2 heterocycles. The van der Waals surface area contributed by atoms with Crippen molar-refractivity contribution in [2.45, 2.75) is 19.5 Å². The molecule has 2 aromatic carbocycles. The van der Waals surface area contributed by atoms with Gasteiger partial charge in [-0.05, 0) is 30.2 Å². The molecule has 0 aliphatic heterocycles. The summed E-state index contributed by atoms with van der Waals surface area (Å²) in [6, 6.07) is 17.7. The standard InChI is InChI=1S/C21H20N6O/c1-16(18-7-9-20(10-8-18)27-15-22-14-24-27)25-21(28)19-11-23-26(13-19)12-17-5-3-2-4-6-17/h2-11,13-16H,12H2,1H3,(H,25,28). The van der Waals surface area contributed by atoms with E-state index in [0.29, 0.717) is 12.1 Å². The van der Waals surface area contributed by atoms with Crippen molar-refractivity contribution in [2.75, 3.05) is 0 Å². The number of aromatic nitrogens is 5. The zero-order valence-electron chi connectivity index (χ0n) is 15.4. The zero-order valence-corrected chi connectivity index (χ0v) is 15.4. The van der Waals surface area contributed by atoms with Crippen LogP contribution in [0.5, 0.6) is 0 Å². The Morgan fingerprint density at radius 1 is 1.07 bits per heavy atom. The van der Waals surface area contributed by atoms with Crippen molar-refractivity contribution in [1.82, 2.24) is 29.9 Å². The van der Waals surface area contributed by atoms with Crippen LogP contribution in [0.4, 0.5) is 0 Å². The molecule has 0 aliphatic carbocycles. The molecule has 0 fully saturated rings. The minimum atomic E-state index is -0.146. The van der Waals surface area contributed by atoms with E-state index in [1.165, 1.54) is 6.33 Å². The fourth-order valence-electron chi connectivity index (χ4n) is 2.96. The molecular weight excluding hydrogens is 352 g/mol. The van der Waals surface area contributed by atoms with E-state index in [2.05, 4.69) is 20.5 Å². The van der Waals surface area contributed by atoms with Crippen LogP contribution in [-0.2, 0) is 6.54 Å².